The van der Waals surface area contributed by atoms with Gasteiger partial charge in [0.15, 0.2) is 0 Å². The minimum Gasteiger partial charge on any atom is -0.358 e. The van der Waals surface area contributed by atoms with Crippen molar-refractivity contribution in [1.29, 1.82) is 0 Å². The van der Waals surface area contributed by atoms with E-state index in [4.69, 9.17) is 12.8 Å². The van der Waals surface area contributed by atoms with Crippen LogP contribution in [0.4, 0.5) is 0 Å². The Hall–Kier alpha value is -14.5. The first-order valence-corrected chi connectivity index (χ1v) is 16.3. The van der Waals surface area contributed by atoms with Gasteiger partial charge in [-0.2, -0.15) is 0 Å². The maximum atomic E-state index is 6.57. The van der Waals surface area contributed by atoms with Crippen molar-refractivity contribution < 1.29 is 0 Å². The van der Waals surface area contributed by atoms with Crippen LogP contribution in [-0.2, 0) is 0 Å². The van der Waals surface area contributed by atoms with Crippen LogP contribution in [-0.4, -0.2) is 0 Å². The van der Waals surface area contributed by atoms with Crippen molar-refractivity contribution in [3.63, 3.8) is 0 Å². The summed E-state index contributed by atoms with van der Waals surface area (Å²) in [7, 11) is 0. The van der Waals surface area contributed by atoms with Crippen LogP contribution in [0.25, 0.3) is 0 Å². The van der Waals surface area contributed by atoms with Gasteiger partial charge in [-0.3, -0.25) is 5.92 Å². The van der Waals surface area contributed by atoms with Crippen LogP contribution in [0.15, 0.2) is 0 Å². The highest BCUT2D eigenvalue weighted by atomic mass is 13.6. The Morgan fingerprint density at radius 3 is 0.273 bits per heavy atom. The average molecular weight is 794 g/mol. The fourth-order valence-electron chi connectivity index (χ4n) is 1.94. The molecule has 0 aromatic carbocycles. The molecule has 0 heterocycles. The van der Waals surface area contributed by atoms with Gasteiger partial charge in [-0.15, -0.1) is 12.3 Å². The zero-order chi connectivity index (χ0) is 47.3. The molecule has 266 valence electrons. The van der Waals surface area contributed by atoms with Crippen LogP contribution in [0, 0.1) is 392 Å². The number of hydrogen-bond acceptors (Lipinski definition) is 0. The Balaban J connectivity index is 4.60. The van der Waals surface area contributed by atoms with Gasteiger partial charge < -0.3 is 6.42 Å². The Labute approximate surface area is 389 Å². The molecule has 0 aliphatic carbocycles. The van der Waals surface area contributed by atoms with Crippen LogP contribution < -0.4 is 0 Å². The van der Waals surface area contributed by atoms with E-state index in [9.17, 15) is 0 Å². The predicted octanol–water partition coefficient (Wildman–Crippen LogP) is 0.315. The lowest BCUT2D eigenvalue weighted by atomic mass is 10.4. The summed E-state index contributed by atoms with van der Waals surface area (Å²) in [4.78, 5) is 0. The second-order valence-electron chi connectivity index (χ2n) is 8.02. The number of rotatable bonds is 0. The largest absolute Gasteiger partial charge is 0.358 e. The molecule has 66 heavy (non-hydrogen) atoms. The van der Waals surface area contributed by atoms with E-state index >= 15 is 0 Å². The Morgan fingerprint density at radius 2 is 0.197 bits per heavy atom. The van der Waals surface area contributed by atoms with Gasteiger partial charge in [0, 0.05) is 266 Å². The normalized spacial score (nSPS) is 3.91. The molecule has 0 fully saturated rings. The molecule has 0 aliphatic heterocycles. The fraction of sp³-hybridized carbons (Fsp3) is 0. The van der Waals surface area contributed by atoms with Crippen molar-refractivity contribution >= 4 is 0 Å². The van der Waals surface area contributed by atoms with Gasteiger partial charge in [-0.05, 0) is 94.7 Å². The lowest BCUT2D eigenvalue weighted by Crippen LogP contribution is -1.57. The molecule has 0 heteroatoms. The molecular weight excluding hydrogens is 793 g/mol. The standard InChI is InChI=1S/C66H/c1-3-5-7-9-11-13-15-17-19-21-23-25-27-29-31-33-35-37-39-41-43-45-47-49-51-53-55-57-59-61-63-65-66-64-62-60-58-56-54-52-50-48-46-44-42-40-38-36-34-32-30-28-26-24-22-20-18-16-14-12-10-8-6-4-2/h1H/q-1. The van der Waals surface area contributed by atoms with Crippen LogP contribution in [0.5, 0.6) is 0 Å². The van der Waals surface area contributed by atoms with Crippen molar-refractivity contribution in [3.8, 4) is 385 Å². The first-order chi connectivity index (χ1) is 32.9. The lowest BCUT2D eigenvalue weighted by molar-refractivity contribution is 2.31. The second kappa shape index (κ2) is 50.5. The summed E-state index contributed by atoms with van der Waals surface area (Å²) >= 11 is 0. The third-order valence-electron chi connectivity index (χ3n) is 3.95. The SMILES string of the molecule is [C-]#CC#CC#CC#CC#CC#CC#CC#CC#CC#CC#CC#CC#CC#CC#CC#CC#CC#CC#CC#CC#CC#CC#CC#CC#CC#CC#CC#CC#CC#CC#CC#CC#C. The van der Waals surface area contributed by atoms with Gasteiger partial charge in [0.05, 0.1) is 0 Å². The molecule has 0 saturated heterocycles. The molecule has 0 bridgehead atoms. The van der Waals surface area contributed by atoms with Crippen LogP contribution in [0.2, 0.25) is 0 Å². The number of terminal acetylenes is 1. The number of hydrogen-bond donors (Lipinski definition) is 0. The van der Waals surface area contributed by atoms with Crippen LogP contribution >= 0.6 is 0 Å². The highest BCUT2D eigenvalue weighted by molar-refractivity contribution is 5.52. The van der Waals surface area contributed by atoms with Gasteiger partial charge in [0.2, 0.25) is 0 Å². The monoisotopic (exact) mass is 793 g/mol. The summed E-state index contributed by atoms with van der Waals surface area (Å²) in [5.41, 5.74) is 0. The molecule has 0 atom stereocenters. The van der Waals surface area contributed by atoms with Crippen LogP contribution in [0.3, 0.4) is 0 Å². The maximum absolute atomic E-state index is 6.57. The van der Waals surface area contributed by atoms with E-state index in [1.54, 1.807) is 0 Å². The lowest BCUT2D eigenvalue weighted by Gasteiger charge is -1.63. The van der Waals surface area contributed by atoms with E-state index in [0.717, 1.165) is 0 Å². The van der Waals surface area contributed by atoms with Gasteiger partial charge in [0.1, 0.15) is 0 Å². The molecule has 0 amide bonds. The summed E-state index contributed by atoms with van der Waals surface area (Å²) in [5.74, 6) is 157. The quantitative estimate of drug-likeness (QED) is 0.245. The highest BCUT2D eigenvalue weighted by Crippen LogP contribution is 1.64. The Bertz CT molecular complexity index is 4010. The van der Waals surface area contributed by atoms with E-state index in [1.807, 2.05) is 5.92 Å². The smallest absolute Gasteiger partial charge is 0 e. The maximum Gasteiger partial charge on any atom is 0 e. The zero-order valence-corrected chi connectivity index (χ0v) is 33.1. The van der Waals surface area contributed by atoms with Crippen molar-refractivity contribution in [1.82, 2.24) is 0 Å². The highest BCUT2D eigenvalue weighted by Gasteiger charge is 1.63. The van der Waals surface area contributed by atoms with Crippen LogP contribution in [0.1, 0.15) is 0 Å². The van der Waals surface area contributed by atoms with Gasteiger partial charge in [-0.25, -0.2) is 5.92 Å². The predicted molar refractivity (Wildman–Crippen MR) is 257 cm³/mol. The molecule has 0 aromatic heterocycles. The van der Waals surface area contributed by atoms with Gasteiger partial charge in [0.25, 0.3) is 0 Å². The minimum atomic E-state index is 1.87. The van der Waals surface area contributed by atoms with E-state index in [-0.39, 0.29) is 0 Å². The molecule has 0 nitrogen and oxygen atoms in total. The molecule has 0 N–H and O–H groups in total. The summed E-state index contributed by atoms with van der Waals surface area (Å²) in [6.45, 7) is 0. The van der Waals surface area contributed by atoms with E-state index in [0.29, 0.717) is 0 Å². The van der Waals surface area contributed by atoms with E-state index < -0.39 is 0 Å². The topological polar surface area (TPSA) is 0 Å². The molecule has 0 aromatic rings. The molecule has 0 unspecified atom stereocenters. The van der Waals surface area contributed by atoms with E-state index in [2.05, 4.69) is 373 Å². The molecule has 0 rings (SSSR count). The third-order valence-corrected chi connectivity index (χ3v) is 3.95. The molecule has 0 radical (unpaired) electrons. The van der Waals surface area contributed by atoms with Gasteiger partial charge >= 0.3 is 0 Å². The second-order valence-corrected chi connectivity index (χ2v) is 8.02. The van der Waals surface area contributed by atoms with Crippen molar-refractivity contribution in [3.05, 3.63) is 6.42 Å². The summed E-state index contributed by atoms with van der Waals surface area (Å²) in [6, 6.07) is 0. The van der Waals surface area contributed by atoms with Gasteiger partial charge in [-0.1, -0.05) is 0 Å². The zero-order valence-electron chi connectivity index (χ0n) is 33.1. The average Bonchev–Trinajstić information content (AvgIpc) is 3.33. The molecule has 0 saturated carbocycles. The summed E-state index contributed by atoms with van der Waals surface area (Å²) in [6.07, 6.45) is 11.5. The summed E-state index contributed by atoms with van der Waals surface area (Å²) < 4.78 is 0. The fourth-order valence-corrected chi connectivity index (χ4v) is 1.94. The van der Waals surface area contributed by atoms with Crippen molar-refractivity contribution in [2.24, 2.45) is 0 Å². The van der Waals surface area contributed by atoms with E-state index in [1.165, 1.54) is 0 Å². The third kappa shape index (κ3) is 49.5. The minimum absolute atomic E-state index is 1.87. The Kier molecular flexibility index (Phi) is 39.4. The van der Waals surface area contributed by atoms with Crippen molar-refractivity contribution in [2.45, 2.75) is 0 Å². The Morgan fingerprint density at radius 1 is 0.121 bits per heavy atom. The molecule has 0 spiro atoms. The van der Waals surface area contributed by atoms with Crippen molar-refractivity contribution in [2.75, 3.05) is 0 Å². The molecule has 0 aliphatic rings. The first-order valence-electron chi connectivity index (χ1n) is 16.3. The summed E-state index contributed by atoms with van der Waals surface area (Å²) in [5, 5.41) is 0. The first kappa shape index (κ1) is 51.5. The molecular formula is C66H-.